The van der Waals surface area contributed by atoms with Crippen LogP contribution in [-0.2, 0) is 6.54 Å². The molecule has 0 fully saturated rings. The Labute approximate surface area is 99.6 Å². The molecule has 2 aliphatic heterocycles. The summed E-state index contributed by atoms with van der Waals surface area (Å²) in [7, 11) is 0. The van der Waals surface area contributed by atoms with Crippen molar-refractivity contribution in [3.05, 3.63) is 52.7 Å². The zero-order valence-corrected chi connectivity index (χ0v) is 9.70. The standard InChI is InChI=1S/C13H11ClN2/c1-9-11(14)6-5-10-8-16-7-3-2-4-12(16)15-13(9)10/h2-7H,8H2,1H3. The SMILES string of the molecule is Cc1c(Cl)ccc2c1N=C1C=CC=CN1C2. The molecule has 2 nitrogen and oxygen atoms in total. The molecule has 1 aromatic carbocycles. The highest BCUT2D eigenvalue weighted by Crippen LogP contribution is 2.34. The Balaban J connectivity index is 2.18. The van der Waals surface area contributed by atoms with Crippen LogP contribution in [0.4, 0.5) is 5.69 Å². The van der Waals surface area contributed by atoms with Gasteiger partial charge in [-0.15, -0.1) is 0 Å². The number of amidine groups is 1. The summed E-state index contributed by atoms with van der Waals surface area (Å²) in [6.07, 6.45) is 8.09. The second kappa shape index (κ2) is 3.49. The smallest absolute Gasteiger partial charge is 0.133 e. The van der Waals surface area contributed by atoms with Crippen LogP contribution in [0.2, 0.25) is 5.02 Å². The molecule has 80 valence electrons. The molecule has 0 amide bonds. The average Bonchev–Trinajstić information content (AvgIpc) is 2.32. The molecule has 0 N–H and O–H groups in total. The third-order valence-corrected chi connectivity index (χ3v) is 3.34. The molecule has 0 atom stereocenters. The molecule has 0 aliphatic carbocycles. The largest absolute Gasteiger partial charge is 0.329 e. The van der Waals surface area contributed by atoms with Crippen molar-refractivity contribution in [1.82, 2.24) is 4.90 Å². The van der Waals surface area contributed by atoms with Gasteiger partial charge in [0.15, 0.2) is 0 Å². The van der Waals surface area contributed by atoms with Crippen molar-refractivity contribution >= 4 is 23.1 Å². The van der Waals surface area contributed by atoms with E-state index in [2.05, 4.69) is 16.0 Å². The highest BCUT2D eigenvalue weighted by Gasteiger charge is 2.19. The summed E-state index contributed by atoms with van der Waals surface area (Å²) in [5.74, 6) is 0.986. The van der Waals surface area contributed by atoms with Gasteiger partial charge in [-0.2, -0.15) is 0 Å². The fraction of sp³-hybridized carbons (Fsp3) is 0.154. The van der Waals surface area contributed by atoms with Gasteiger partial charge in [0, 0.05) is 11.2 Å². The molecule has 3 rings (SSSR count). The van der Waals surface area contributed by atoms with Crippen molar-refractivity contribution in [3.8, 4) is 0 Å². The van der Waals surface area contributed by atoms with Crippen LogP contribution in [0.3, 0.4) is 0 Å². The van der Waals surface area contributed by atoms with E-state index in [-0.39, 0.29) is 0 Å². The van der Waals surface area contributed by atoms with Crippen molar-refractivity contribution in [3.63, 3.8) is 0 Å². The third kappa shape index (κ3) is 1.38. The lowest BCUT2D eigenvalue weighted by Gasteiger charge is -2.28. The summed E-state index contributed by atoms with van der Waals surface area (Å²) in [5.41, 5.74) is 3.32. The number of hydrogen-bond donors (Lipinski definition) is 0. The molecule has 2 aliphatic rings. The summed E-state index contributed by atoms with van der Waals surface area (Å²) in [6, 6.07) is 4.00. The molecule has 0 unspecified atom stereocenters. The highest BCUT2D eigenvalue weighted by atomic mass is 35.5. The predicted molar refractivity (Wildman–Crippen MR) is 67.1 cm³/mol. The van der Waals surface area contributed by atoms with E-state index in [0.717, 1.165) is 28.7 Å². The molecule has 0 radical (unpaired) electrons. The van der Waals surface area contributed by atoms with E-state index in [0.29, 0.717) is 0 Å². The van der Waals surface area contributed by atoms with E-state index >= 15 is 0 Å². The monoisotopic (exact) mass is 230 g/mol. The summed E-state index contributed by atoms with van der Waals surface area (Å²) in [6.45, 7) is 2.89. The van der Waals surface area contributed by atoms with E-state index in [1.165, 1.54) is 5.56 Å². The lowest BCUT2D eigenvalue weighted by molar-refractivity contribution is 0.544. The Morgan fingerprint density at radius 2 is 2.19 bits per heavy atom. The van der Waals surface area contributed by atoms with Crippen LogP contribution in [0.25, 0.3) is 0 Å². The molecular weight excluding hydrogens is 220 g/mol. The second-order valence-corrected chi connectivity index (χ2v) is 4.39. The zero-order valence-electron chi connectivity index (χ0n) is 8.94. The Hall–Kier alpha value is -1.54. The van der Waals surface area contributed by atoms with E-state index < -0.39 is 0 Å². The van der Waals surface area contributed by atoms with Crippen LogP contribution >= 0.6 is 11.6 Å². The van der Waals surface area contributed by atoms with Gasteiger partial charge in [0.2, 0.25) is 0 Å². The summed E-state index contributed by atoms with van der Waals surface area (Å²) < 4.78 is 0. The van der Waals surface area contributed by atoms with Gasteiger partial charge < -0.3 is 4.90 Å². The number of aliphatic imine (C=N–C) groups is 1. The summed E-state index contributed by atoms with van der Waals surface area (Å²) >= 11 is 6.11. The fourth-order valence-electron chi connectivity index (χ4n) is 2.02. The Bertz CT molecular complexity index is 541. The summed E-state index contributed by atoms with van der Waals surface area (Å²) in [4.78, 5) is 6.78. The lowest BCUT2D eigenvalue weighted by Crippen LogP contribution is -2.27. The number of hydrogen-bond acceptors (Lipinski definition) is 2. The fourth-order valence-corrected chi connectivity index (χ4v) is 2.17. The van der Waals surface area contributed by atoms with Gasteiger partial charge >= 0.3 is 0 Å². The molecule has 0 bridgehead atoms. The zero-order chi connectivity index (χ0) is 11.1. The molecule has 0 aromatic heterocycles. The second-order valence-electron chi connectivity index (χ2n) is 3.98. The van der Waals surface area contributed by atoms with E-state index in [9.17, 15) is 0 Å². The molecule has 2 heterocycles. The van der Waals surface area contributed by atoms with Crippen molar-refractivity contribution in [1.29, 1.82) is 0 Å². The van der Waals surface area contributed by atoms with Crippen LogP contribution in [0.15, 0.2) is 41.6 Å². The van der Waals surface area contributed by atoms with Gasteiger partial charge in [-0.25, -0.2) is 4.99 Å². The molecule has 0 spiro atoms. The first-order valence-corrected chi connectivity index (χ1v) is 5.62. The van der Waals surface area contributed by atoms with E-state index in [1.54, 1.807) is 0 Å². The highest BCUT2D eigenvalue weighted by molar-refractivity contribution is 6.31. The molecule has 16 heavy (non-hydrogen) atoms. The number of nitrogens with zero attached hydrogens (tertiary/aromatic N) is 2. The first-order chi connectivity index (χ1) is 7.75. The minimum atomic E-state index is 0.784. The minimum Gasteiger partial charge on any atom is -0.329 e. The number of halogens is 1. The van der Waals surface area contributed by atoms with Crippen LogP contribution < -0.4 is 0 Å². The number of rotatable bonds is 0. The van der Waals surface area contributed by atoms with Crippen molar-refractivity contribution in [2.45, 2.75) is 13.5 Å². The van der Waals surface area contributed by atoms with Crippen LogP contribution in [-0.4, -0.2) is 10.7 Å². The van der Waals surface area contributed by atoms with E-state index in [1.807, 2.05) is 37.4 Å². The quantitative estimate of drug-likeness (QED) is 0.665. The topological polar surface area (TPSA) is 15.6 Å². The van der Waals surface area contributed by atoms with Crippen LogP contribution in [0.1, 0.15) is 11.1 Å². The maximum atomic E-state index is 6.11. The van der Waals surface area contributed by atoms with Crippen molar-refractivity contribution in [2.24, 2.45) is 4.99 Å². The Morgan fingerprint density at radius 1 is 1.31 bits per heavy atom. The number of benzene rings is 1. The van der Waals surface area contributed by atoms with Gasteiger partial charge in [0.05, 0.1) is 12.2 Å². The molecule has 0 saturated carbocycles. The van der Waals surface area contributed by atoms with Gasteiger partial charge in [0.1, 0.15) is 5.84 Å². The molecular formula is C13H11ClN2. The summed E-state index contributed by atoms with van der Waals surface area (Å²) in [5, 5.41) is 0.784. The van der Waals surface area contributed by atoms with Gasteiger partial charge in [0.25, 0.3) is 0 Å². The predicted octanol–water partition coefficient (Wildman–Crippen LogP) is 3.58. The maximum Gasteiger partial charge on any atom is 0.133 e. The Kier molecular flexibility index (Phi) is 2.11. The first-order valence-electron chi connectivity index (χ1n) is 5.24. The van der Waals surface area contributed by atoms with Gasteiger partial charge in [-0.05, 0) is 36.3 Å². The first kappa shape index (κ1) is 9.67. The lowest BCUT2D eigenvalue weighted by atomic mass is 10.1. The third-order valence-electron chi connectivity index (χ3n) is 2.93. The molecule has 0 saturated heterocycles. The molecule has 3 heteroatoms. The van der Waals surface area contributed by atoms with Crippen molar-refractivity contribution < 1.29 is 0 Å². The van der Waals surface area contributed by atoms with Gasteiger partial charge in [-0.1, -0.05) is 23.7 Å². The average molecular weight is 231 g/mol. The number of fused-ring (bicyclic) bond motifs is 2. The van der Waals surface area contributed by atoms with E-state index in [4.69, 9.17) is 11.6 Å². The van der Waals surface area contributed by atoms with Crippen molar-refractivity contribution in [2.75, 3.05) is 0 Å². The minimum absolute atomic E-state index is 0.784. The van der Waals surface area contributed by atoms with Gasteiger partial charge in [-0.3, -0.25) is 0 Å². The van der Waals surface area contributed by atoms with Crippen LogP contribution in [0, 0.1) is 6.92 Å². The molecule has 1 aromatic rings. The Morgan fingerprint density at radius 3 is 3.06 bits per heavy atom. The van der Waals surface area contributed by atoms with Crippen LogP contribution in [0.5, 0.6) is 0 Å². The normalized spacial score (nSPS) is 16.9. The maximum absolute atomic E-state index is 6.11. The number of allylic oxidation sites excluding steroid dienone is 2.